The number of unbranched alkanes of at least 4 members (excludes halogenated alkanes) is 5. The minimum absolute atomic E-state index is 0. The van der Waals surface area contributed by atoms with Crippen LogP contribution in [0.5, 0.6) is 0 Å². The molecule has 168 valence electrons. The van der Waals surface area contributed by atoms with Gasteiger partial charge in [0.05, 0.1) is 0 Å². The van der Waals surface area contributed by atoms with E-state index in [4.69, 9.17) is 5.11 Å². The average molecular weight is 408 g/mol. The second-order valence-corrected chi connectivity index (χ2v) is 14.8. The molecular formula is C23H54NO2P. The Morgan fingerprint density at radius 1 is 0.778 bits per heavy atom. The van der Waals surface area contributed by atoms with Crippen molar-refractivity contribution in [2.45, 2.75) is 112 Å². The van der Waals surface area contributed by atoms with Gasteiger partial charge in [0.1, 0.15) is 0 Å². The van der Waals surface area contributed by atoms with Gasteiger partial charge in [-0.25, -0.2) is 0 Å². The van der Waals surface area contributed by atoms with E-state index in [2.05, 4.69) is 48.2 Å². The van der Waals surface area contributed by atoms with E-state index in [0.717, 1.165) is 19.3 Å². The van der Waals surface area contributed by atoms with Gasteiger partial charge in [0, 0.05) is 6.42 Å². The second-order valence-electron chi connectivity index (χ2n) is 9.64. The number of rotatable bonds is 14. The molecule has 27 heavy (non-hydrogen) atoms. The molecule has 4 heteroatoms. The van der Waals surface area contributed by atoms with E-state index in [1.807, 2.05) is 0 Å². The molecule has 0 radical (unpaired) electrons. The smallest absolute Gasteiger partial charge is 0.344 e. The van der Waals surface area contributed by atoms with Crippen molar-refractivity contribution in [2.24, 2.45) is 5.41 Å². The van der Waals surface area contributed by atoms with Crippen LogP contribution < -0.4 is 6.15 Å². The summed E-state index contributed by atoms with van der Waals surface area (Å²) in [5, 5.41) is 8.37. The third kappa shape index (κ3) is 25.9. The maximum absolute atomic E-state index is 10.2. The fraction of sp³-hybridized carbons (Fsp3) is 0.957. The van der Waals surface area contributed by atoms with Crippen LogP contribution in [-0.2, 0) is 4.79 Å². The predicted octanol–water partition coefficient (Wildman–Crippen LogP) is 8.00. The molecule has 0 atom stereocenters. The largest absolute Gasteiger partial charge is 0.344 e. The molecule has 0 bridgehead atoms. The van der Waals surface area contributed by atoms with Crippen LogP contribution in [-0.4, -0.2) is 36.2 Å². The molecular weight excluding hydrogens is 353 g/mol. The molecule has 0 aromatic rings. The Bertz CT molecular complexity index is 305. The Morgan fingerprint density at radius 2 is 1.19 bits per heavy atom. The van der Waals surface area contributed by atoms with E-state index < -0.39 is 13.2 Å². The number of carboxylic acid groups (broad SMARTS) is 1. The van der Waals surface area contributed by atoms with Gasteiger partial charge in [-0.1, -0.05) is 33.6 Å². The minimum atomic E-state index is -0.812. The molecule has 0 saturated carbocycles. The molecule has 4 N–H and O–H groups in total. The van der Waals surface area contributed by atoms with Crippen LogP contribution in [0.25, 0.3) is 0 Å². The monoisotopic (exact) mass is 407 g/mol. The van der Waals surface area contributed by atoms with E-state index in [1.165, 1.54) is 44.9 Å². The molecule has 0 heterocycles. The summed E-state index contributed by atoms with van der Waals surface area (Å²) in [4.78, 5) is 10.2. The Labute approximate surface area is 172 Å². The molecule has 3 nitrogen and oxygen atoms in total. The average Bonchev–Trinajstić information content (AvgIpc) is 2.55. The summed E-state index contributed by atoms with van der Waals surface area (Å²) >= 11 is 0. The van der Waals surface area contributed by atoms with Crippen LogP contribution in [0.3, 0.4) is 0 Å². The van der Waals surface area contributed by atoms with E-state index >= 15 is 0 Å². The molecule has 0 saturated heterocycles. The van der Waals surface area contributed by atoms with Gasteiger partial charge in [0.15, 0.2) is 0 Å². The maximum atomic E-state index is 10.2. The van der Waals surface area contributed by atoms with Crippen LogP contribution in [0.1, 0.15) is 112 Å². The fourth-order valence-electron chi connectivity index (χ4n) is 3.29. The van der Waals surface area contributed by atoms with Crippen LogP contribution in [0, 0.1) is 5.41 Å². The summed E-state index contributed by atoms with van der Waals surface area (Å²) in [6.07, 6.45) is 17.9. The van der Waals surface area contributed by atoms with Crippen molar-refractivity contribution >= 4 is 13.2 Å². The zero-order valence-corrected chi connectivity index (χ0v) is 21.0. The molecule has 0 aliphatic carbocycles. The number of carboxylic acids is 1. The third-order valence-corrected chi connectivity index (χ3v) is 9.90. The van der Waals surface area contributed by atoms with Crippen LogP contribution in [0.4, 0.5) is 0 Å². The van der Waals surface area contributed by atoms with Crippen molar-refractivity contribution in [3.63, 3.8) is 0 Å². The Balaban J connectivity index is -0.000000416. The number of hydrogen-bond donors (Lipinski definition) is 2. The zero-order chi connectivity index (χ0) is 20.5. The van der Waals surface area contributed by atoms with Gasteiger partial charge in [0.25, 0.3) is 0 Å². The van der Waals surface area contributed by atoms with E-state index in [0.29, 0.717) is 11.8 Å². The third-order valence-electron chi connectivity index (χ3n) is 5.22. The first-order valence-electron chi connectivity index (χ1n) is 11.3. The SMILES string of the molecule is CC(C)(C)CCCCCC(=O)O.CCCC[PH](C)(CCCC)CCCC.N. The summed E-state index contributed by atoms with van der Waals surface area (Å²) in [5.41, 5.74) is 0.392. The van der Waals surface area contributed by atoms with Crippen molar-refractivity contribution in [1.29, 1.82) is 0 Å². The van der Waals surface area contributed by atoms with Gasteiger partial charge in [0.2, 0.25) is 0 Å². The molecule has 0 unspecified atom stereocenters. The molecule has 0 aromatic heterocycles. The van der Waals surface area contributed by atoms with Crippen molar-refractivity contribution in [3.8, 4) is 0 Å². The number of hydrogen-bond acceptors (Lipinski definition) is 2. The van der Waals surface area contributed by atoms with E-state index in [-0.39, 0.29) is 6.15 Å². The Kier molecular flexibility index (Phi) is 22.4. The van der Waals surface area contributed by atoms with Crippen molar-refractivity contribution < 1.29 is 9.90 Å². The standard InChI is InChI=1S/C13H31P.C10H20O2.H3N/c1-5-8-11-14(4,12-9-6-2)13-10-7-3;1-10(2,3)8-6-4-5-7-9(11)12;/h14H,5-13H2,1-4H3;4-8H2,1-3H3,(H,11,12);1H3. The van der Waals surface area contributed by atoms with Gasteiger partial charge >= 0.3 is 97.7 Å². The Hall–Kier alpha value is -0.140. The Morgan fingerprint density at radius 3 is 1.48 bits per heavy atom. The molecule has 0 fully saturated rings. The fourth-order valence-corrected chi connectivity index (χ4v) is 7.67. The quantitative estimate of drug-likeness (QED) is 0.226. The summed E-state index contributed by atoms with van der Waals surface area (Å²) in [7, 11) is -0.812. The van der Waals surface area contributed by atoms with Gasteiger partial charge in [-0.05, 0) is 18.3 Å². The molecule has 0 spiro atoms. The van der Waals surface area contributed by atoms with Gasteiger partial charge in [-0.15, -0.1) is 0 Å². The van der Waals surface area contributed by atoms with Crippen LogP contribution in [0.2, 0.25) is 0 Å². The van der Waals surface area contributed by atoms with Gasteiger partial charge in [-0.2, -0.15) is 0 Å². The zero-order valence-electron chi connectivity index (χ0n) is 20.0. The van der Waals surface area contributed by atoms with Crippen molar-refractivity contribution in [3.05, 3.63) is 0 Å². The molecule has 0 amide bonds. The summed E-state index contributed by atoms with van der Waals surface area (Å²) in [5.74, 6) is -0.675. The maximum Gasteiger partial charge on any atom is -0.344 e. The van der Waals surface area contributed by atoms with E-state index in [9.17, 15) is 4.79 Å². The van der Waals surface area contributed by atoms with Crippen molar-refractivity contribution in [2.75, 3.05) is 25.2 Å². The summed E-state index contributed by atoms with van der Waals surface area (Å²) in [6, 6.07) is 0. The first kappa shape index (κ1) is 31.6. The molecule has 0 aromatic carbocycles. The first-order chi connectivity index (χ1) is 12.1. The predicted molar refractivity (Wildman–Crippen MR) is 129 cm³/mol. The minimum Gasteiger partial charge on any atom is -0.344 e. The van der Waals surface area contributed by atoms with Crippen LogP contribution in [0.15, 0.2) is 0 Å². The number of carbonyl (C=O) groups is 1. The number of aliphatic carboxylic acids is 1. The van der Waals surface area contributed by atoms with Gasteiger partial charge in [-0.3, -0.25) is 4.79 Å². The topological polar surface area (TPSA) is 72.3 Å². The molecule has 0 aliphatic rings. The van der Waals surface area contributed by atoms with Crippen LogP contribution >= 0.6 is 7.26 Å². The van der Waals surface area contributed by atoms with E-state index in [1.54, 1.807) is 18.5 Å². The molecule has 0 aliphatic heterocycles. The summed E-state index contributed by atoms with van der Waals surface area (Å²) in [6.45, 7) is 16.3. The first-order valence-corrected chi connectivity index (χ1v) is 14.4. The normalized spacial score (nSPS) is 12.0. The van der Waals surface area contributed by atoms with Crippen molar-refractivity contribution in [1.82, 2.24) is 6.15 Å². The molecule has 0 rings (SSSR count). The second kappa shape index (κ2) is 19.2. The summed E-state index contributed by atoms with van der Waals surface area (Å²) < 4.78 is 0. The van der Waals surface area contributed by atoms with Gasteiger partial charge < -0.3 is 11.3 Å².